The van der Waals surface area contributed by atoms with Crippen LogP contribution in [0.4, 0.5) is 0 Å². The Morgan fingerprint density at radius 3 is 2.62 bits per heavy atom. The second-order valence-electron chi connectivity index (χ2n) is 2.31. The van der Waals surface area contributed by atoms with Crippen LogP contribution >= 0.6 is 0 Å². The second kappa shape index (κ2) is 2.46. The zero-order valence-corrected chi connectivity index (χ0v) is 5.13. The number of hydrogen-bond donors (Lipinski definition) is 1. The lowest BCUT2D eigenvalue weighted by Gasteiger charge is -2.33. The quantitative estimate of drug-likeness (QED) is 0.566. The highest BCUT2D eigenvalue weighted by atomic mass is 16.5. The molecule has 8 heavy (non-hydrogen) atoms. The van der Waals surface area contributed by atoms with Gasteiger partial charge in [-0.25, -0.2) is 0 Å². The maximum absolute atomic E-state index is 8.46. The lowest BCUT2D eigenvalue weighted by atomic mass is 9.96. The molecule has 0 aromatic rings. The van der Waals surface area contributed by atoms with Crippen LogP contribution in [0.5, 0.6) is 0 Å². The highest BCUT2D eigenvalue weighted by molar-refractivity contribution is 4.73. The minimum absolute atomic E-state index is 0.304. The summed E-state index contributed by atoms with van der Waals surface area (Å²) in [5, 5.41) is 8.46. The van der Waals surface area contributed by atoms with E-state index < -0.39 is 0 Å². The van der Waals surface area contributed by atoms with Gasteiger partial charge in [0.15, 0.2) is 0 Å². The van der Waals surface area contributed by atoms with Gasteiger partial charge in [0.2, 0.25) is 0 Å². The summed E-state index contributed by atoms with van der Waals surface area (Å²) in [6, 6.07) is 0. The van der Waals surface area contributed by atoms with Gasteiger partial charge in [-0.2, -0.15) is 0 Å². The fourth-order valence-corrected chi connectivity index (χ4v) is 0.909. The topological polar surface area (TPSA) is 29.5 Å². The highest BCUT2D eigenvalue weighted by Gasteiger charge is 2.26. The number of aliphatic hydroxyl groups is 1. The maximum atomic E-state index is 8.46. The van der Waals surface area contributed by atoms with Crippen molar-refractivity contribution < 1.29 is 9.84 Å². The first-order valence-corrected chi connectivity index (χ1v) is 3.07. The van der Waals surface area contributed by atoms with E-state index in [0.717, 1.165) is 13.0 Å². The summed E-state index contributed by atoms with van der Waals surface area (Å²) in [4.78, 5) is 0. The third kappa shape index (κ3) is 1.01. The van der Waals surface area contributed by atoms with E-state index in [4.69, 9.17) is 9.84 Å². The molecule has 1 fully saturated rings. The van der Waals surface area contributed by atoms with Crippen molar-refractivity contribution in [3.8, 4) is 0 Å². The molecule has 0 aromatic carbocycles. The minimum Gasteiger partial charge on any atom is -0.396 e. The van der Waals surface area contributed by atoms with Crippen molar-refractivity contribution in [2.24, 2.45) is 5.92 Å². The fourth-order valence-electron chi connectivity index (χ4n) is 0.909. The molecule has 1 saturated heterocycles. The summed E-state index contributed by atoms with van der Waals surface area (Å²) in [7, 11) is 0. The van der Waals surface area contributed by atoms with Gasteiger partial charge in [-0.05, 0) is 13.3 Å². The lowest BCUT2D eigenvalue weighted by Crippen LogP contribution is -2.37. The Balaban J connectivity index is 2.08. The van der Waals surface area contributed by atoms with Gasteiger partial charge < -0.3 is 9.84 Å². The van der Waals surface area contributed by atoms with Gasteiger partial charge in [0.05, 0.1) is 12.7 Å². The van der Waals surface area contributed by atoms with Gasteiger partial charge in [0.1, 0.15) is 0 Å². The molecule has 0 radical (unpaired) electrons. The summed E-state index contributed by atoms with van der Waals surface area (Å²) in [5.74, 6) is 0.625. The second-order valence-corrected chi connectivity index (χ2v) is 2.31. The Hall–Kier alpha value is -0.0800. The van der Waals surface area contributed by atoms with E-state index in [-0.39, 0.29) is 0 Å². The van der Waals surface area contributed by atoms with E-state index in [1.165, 1.54) is 0 Å². The molecule has 1 N–H and O–H groups in total. The van der Waals surface area contributed by atoms with Gasteiger partial charge in [-0.1, -0.05) is 0 Å². The molecule has 2 unspecified atom stereocenters. The molecule has 2 heteroatoms. The molecule has 1 aliphatic rings. The number of rotatable bonds is 2. The first-order valence-electron chi connectivity index (χ1n) is 3.07. The van der Waals surface area contributed by atoms with Crippen LogP contribution in [-0.2, 0) is 4.74 Å². The molecule has 1 heterocycles. The van der Waals surface area contributed by atoms with E-state index in [9.17, 15) is 0 Å². The van der Waals surface area contributed by atoms with E-state index >= 15 is 0 Å². The van der Waals surface area contributed by atoms with Crippen LogP contribution in [0.25, 0.3) is 0 Å². The monoisotopic (exact) mass is 116 g/mol. The van der Waals surface area contributed by atoms with Gasteiger partial charge in [-0.15, -0.1) is 0 Å². The zero-order chi connectivity index (χ0) is 5.98. The normalized spacial score (nSPS) is 36.8. The molecule has 0 bridgehead atoms. The molecule has 0 amide bonds. The highest BCUT2D eigenvalue weighted by Crippen LogP contribution is 2.21. The van der Waals surface area contributed by atoms with Crippen LogP contribution in [0.1, 0.15) is 13.3 Å². The van der Waals surface area contributed by atoms with Crippen molar-refractivity contribution in [2.45, 2.75) is 19.4 Å². The van der Waals surface area contributed by atoms with Gasteiger partial charge in [0, 0.05) is 12.5 Å². The Bertz CT molecular complexity index is 72.9. The fraction of sp³-hybridized carbons (Fsp3) is 1.00. The Kier molecular flexibility index (Phi) is 1.86. The molecule has 0 aliphatic carbocycles. The largest absolute Gasteiger partial charge is 0.396 e. The summed E-state index contributed by atoms with van der Waals surface area (Å²) in [5.41, 5.74) is 0. The Morgan fingerprint density at radius 2 is 2.50 bits per heavy atom. The van der Waals surface area contributed by atoms with Crippen molar-refractivity contribution in [1.29, 1.82) is 0 Å². The third-order valence-corrected chi connectivity index (χ3v) is 1.74. The molecule has 0 spiro atoms. The summed E-state index contributed by atoms with van der Waals surface area (Å²) >= 11 is 0. The van der Waals surface area contributed by atoms with Crippen molar-refractivity contribution in [2.75, 3.05) is 13.2 Å². The Morgan fingerprint density at radius 1 is 1.75 bits per heavy atom. The summed E-state index contributed by atoms with van der Waals surface area (Å²) < 4.78 is 5.08. The van der Waals surface area contributed by atoms with Crippen LogP contribution in [0, 0.1) is 5.92 Å². The Labute approximate surface area is 49.5 Å². The molecule has 0 saturated carbocycles. The summed E-state index contributed by atoms with van der Waals surface area (Å²) in [6.07, 6.45) is 1.29. The van der Waals surface area contributed by atoms with E-state index in [2.05, 4.69) is 0 Å². The van der Waals surface area contributed by atoms with Crippen LogP contribution in [0.3, 0.4) is 0 Å². The third-order valence-electron chi connectivity index (χ3n) is 1.74. The standard InChI is InChI=1S/C6H12O2/c1-5-6(2-3-7)4-8-5/h5-7H,2-4H2,1H3. The van der Waals surface area contributed by atoms with Gasteiger partial charge >= 0.3 is 0 Å². The van der Waals surface area contributed by atoms with Crippen LogP contribution in [-0.4, -0.2) is 24.4 Å². The first-order chi connectivity index (χ1) is 3.84. The molecule has 2 nitrogen and oxygen atoms in total. The first kappa shape index (κ1) is 6.05. The predicted octanol–water partition coefficient (Wildman–Crippen LogP) is 0.404. The van der Waals surface area contributed by atoms with Gasteiger partial charge in [0.25, 0.3) is 0 Å². The molecule has 1 rings (SSSR count). The zero-order valence-electron chi connectivity index (χ0n) is 5.13. The smallest absolute Gasteiger partial charge is 0.0598 e. The maximum Gasteiger partial charge on any atom is 0.0598 e. The molecule has 48 valence electrons. The van der Waals surface area contributed by atoms with Crippen LogP contribution < -0.4 is 0 Å². The molecule has 0 aromatic heterocycles. The molecular formula is C6H12O2. The average Bonchev–Trinajstić information content (AvgIpc) is 1.79. The minimum atomic E-state index is 0.304. The van der Waals surface area contributed by atoms with Gasteiger partial charge in [-0.3, -0.25) is 0 Å². The van der Waals surface area contributed by atoms with Crippen molar-refractivity contribution in [1.82, 2.24) is 0 Å². The van der Waals surface area contributed by atoms with Crippen molar-refractivity contribution in [3.63, 3.8) is 0 Å². The molecule has 2 atom stereocenters. The van der Waals surface area contributed by atoms with Crippen molar-refractivity contribution in [3.05, 3.63) is 0 Å². The van der Waals surface area contributed by atoms with Crippen molar-refractivity contribution >= 4 is 0 Å². The summed E-state index contributed by atoms with van der Waals surface area (Å²) in [6.45, 7) is 3.20. The molecular weight excluding hydrogens is 104 g/mol. The number of ether oxygens (including phenoxy) is 1. The number of aliphatic hydroxyl groups excluding tert-OH is 1. The predicted molar refractivity (Wildman–Crippen MR) is 30.6 cm³/mol. The van der Waals surface area contributed by atoms with E-state index in [1.807, 2.05) is 6.92 Å². The SMILES string of the molecule is CC1OCC1CCO. The van der Waals surface area contributed by atoms with E-state index in [1.54, 1.807) is 0 Å². The molecule has 1 aliphatic heterocycles. The average molecular weight is 116 g/mol. The van der Waals surface area contributed by atoms with Crippen LogP contribution in [0.2, 0.25) is 0 Å². The van der Waals surface area contributed by atoms with E-state index in [0.29, 0.717) is 18.6 Å². The lowest BCUT2D eigenvalue weighted by molar-refractivity contribution is -0.109. The van der Waals surface area contributed by atoms with Crippen LogP contribution in [0.15, 0.2) is 0 Å². The number of hydrogen-bond acceptors (Lipinski definition) is 2.